The topological polar surface area (TPSA) is 82.1 Å². The Hall–Kier alpha value is -2.41. The lowest BCUT2D eigenvalue weighted by Crippen LogP contribution is -2.20. The van der Waals surface area contributed by atoms with Crippen LogP contribution in [0.4, 0.5) is 0 Å². The Morgan fingerprint density at radius 2 is 1.62 bits per heavy atom. The van der Waals surface area contributed by atoms with Crippen molar-refractivity contribution in [1.82, 2.24) is 4.90 Å². The summed E-state index contributed by atoms with van der Waals surface area (Å²) in [6, 6.07) is 0. The molecule has 0 radical (unpaired) electrons. The highest BCUT2D eigenvalue weighted by molar-refractivity contribution is 5.86. The molecule has 0 amide bonds. The predicted octanol–water partition coefficient (Wildman–Crippen LogP) is 2.88. The number of hydrogen-bond donors (Lipinski definition) is 0. The third kappa shape index (κ3) is 29.6. The summed E-state index contributed by atoms with van der Waals surface area (Å²) in [4.78, 5) is 32.8. The van der Waals surface area contributed by atoms with Crippen molar-refractivity contribution in [2.24, 2.45) is 0 Å². The molecule has 7 heteroatoms. The molecule has 26 heavy (non-hydrogen) atoms. The Morgan fingerprint density at radius 1 is 1.04 bits per heavy atom. The minimum Gasteiger partial charge on any atom is -0.463 e. The predicted molar refractivity (Wildman–Crippen MR) is 102 cm³/mol. The van der Waals surface area contributed by atoms with E-state index in [2.05, 4.69) is 29.2 Å². The zero-order chi connectivity index (χ0) is 21.0. The fraction of sp³-hybridized carbons (Fsp3) is 0.526. The van der Waals surface area contributed by atoms with Crippen LogP contribution >= 0.6 is 0 Å². The largest absolute Gasteiger partial charge is 0.463 e. The standard InChI is InChI=1S/C8H15NO2.C7H12O2.C4H6O2/c1-7(2)8(10)11-6-5-9(3)4;1-3-5-6-9-7(8)4-2;1-3-6-4(2)5/h1,5-6H2,2-4H3;4H,2-3,5-6H2,1H3;3H,1H2,2H3. The van der Waals surface area contributed by atoms with E-state index in [0.717, 1.165) is 25.6 Å². The molecular formula is C19H33NO6. The quantitative estimate of drug-likeness (QED) is 0.203. The molecule has 0 aliphatic carbocycles. The zero-order valence-corrected chi connectivity index (χ0v) is 16.7. The van der Waals surface area contributed by atoms with Crippen LogP contribution in [0.1, 0.15) is 33.6 Å². The van der Waals surface area contributed by atoms with E-state index in [4.69, 9.17) is 4.74 Å². The number of rotatable bonds is 9. The fourth-order valence-corrected chi connectivity index (χ4v) is 0.937. The summed E-state index contributed by atoms with van der Waals surface area (Å²) in [6.45, 7) is 16.6. The van der Waals surface area contributed by atoms with Crippen molar-refractivity contribution in [2.45, 2.75) is 33.6 Å². The van der Waals surface area contributed by atoms with Crippen molar-refractivity contribution in [3.63, 3.8) is 0 Å². The molecule has 0 aromatic heterocycles. The summed E-state index contributed by atoms with van der Waals surface area (Å²) >= 11 is 0. The van der Waals surface area contributed by atoms with E-state index in [1.807, 2.05) is 25.9 Å². The first-order valence-corrected chi connectivity index (χ1v) is 8.16. The second-order valence-corrected chi connectivity index (χ2v) is 5.22. The number of nitrogens with zero attached hydrogens (tertiary/aromatic N) is 1. The van der Waals surface area contributed by atoms with Gasteiger partial charge in [0.25, 0.3) is 0 Å². The lowest BCUT2D eigenvalue weighted by molar-refractivity contribution is -0.139. The van der Waals surface area contributed by atoms with Gasteiger partial charge >= 0.3 is 17.9 Å². The first-order chi connectivity index (χ1) is 12.1. The van der Waals surface area contributed by atoms with Crippen LogP contribution in [0.3, 0.4) is 0 Å². The zero-order valence-electron chi connectivity index (χ0n) is 16.7. The van der Waals surface area contributed by atoms with Gasteiger partial charge in [0.05, 0.1) is 12.9 Å². The van der Waals surface area contributed by atoms with E-state index in [9.17, 15) is 14.4 Å². The Bertz CT molecular complexity index is 443. The van der Waals surface area contributed by atoms with Crippen molar-refractivity contribution >= 4 is 17.9 Å². The lowest BCUT2D eigenvalue weighted by atomic mass is 10.4. The molecule has 0 saturated heterocycles. The Morgan fingerprint density at radius 3 is 1.92 bits per heavy atom. The minimum atomic E-state index is -0.330. The van der Waals surface area contributed by atoms with Gasteiger partial charge in [-0.05, 0) is 27.4 Å². The van der Waals surface area contributed by atoms with Crippen molar-refractivity contribution in [2.75, 3.05) is 33.9 Å². The lowest BCUT2D eigenvalue weighted by Gasteiger charge is -2.09. The summed E-state index contributed by atoms with van der Waals surface area (Å²) in [5.41, 5.74) is 0.448. The second-order valence-electron chi connectivity index (χ2n) is 5.22. The number of esters is 3. The van der Waals surface area contributed by atoms with Gasteiger partial charge in [0, 0.05) is 25.1 Å². The van der Waals surface area contributed by atoms with Crippen molar-refractivity contribution in [3.05, 3.63) is 37.6 Å². The maximum atomic E-state index is 10.8. The SMILES string of the molecule is C=C(C)C(=O)OCCN(C)C.C=CC(=O)OCCCC.C=COC(C)=O. The molecule has 0 aliphatic rings. The number of carbonyl (C=O) groups excluding carboxylic acids is 3. The number of hydrogen-bond acceptors (Lipinski definition) is 7. The first kappa shape index (κ1) is 28.4. The molecule has 0 atom stereocenters. The van der Waals surface area contributed by atoms with Crippen LogP contribution in [-0.4, -0.2) is 56.7 Å². The monoisotopic (exact) mass is 371 g/mol. The number of likely N-dealkylation sites (N-methyl/N-ethyl adjacent to an activating group) is 1. The molecule has 0 aromatic carbocycles. The van der Waals surface area contributed by atoms with E-state index in [0.29, 0.717) is 18.8 Å². The van der Waals surface area contributed by atoms with Gasteiger partial charge in [-0.1, -0.05) is 33.1 Å². The van der Waals surface area contributed by atoms with Crippen LogP contribution < -0.4 is 0 Å². The normalized spacial score (nSPS) is 8.69. The van der Waals surface area contributed by atoms with E-state index in [1.54, 1.807) is 6.92 Å². The average Bonchev–Trinajstić information content (AvgIpc) is 2.55. The summed E-state index contributed by atoms with van der Waals surface area (Å²) in [7, 11) is 3.85. The third-order valence-electron chi connectivity index (χ3n) is 2.28. The Labute approximate surface area is 157 Å². The third-order valence-corrected chi connectivity index (χ3v) is 2.28. The number of carbonyl (C=O) groups is 3. The number of unbranched alkanes of at least 4 members (excludes halogenated alkanes) is 1. The summed E-state index contributed by atoms with van der Waals surface area (Å²) in [5.74, 6) is -0.972. The summed E-state index contributed by atoms with van der Waals surface area (Å²) in [5, 5.41) is 0. The molecule has 0 heterocycles. The van der Waals surface area contributed by atoms with Crippen LogP contribution in [0.25, 0.3) is 0 Å². The summed E-state index contributed by atoms with van der Waals surface area (Å²) in [6.07, 6.45) is 4.25. The van der Waals surface area contributed by atoms with E-state index in [-0.39, 0.29) is 17.9 Å². The first-order valence-electron chi connectivity index (χ1n) is 8.16. The molecule has 0 unspecified atom stereocenters. The van der Waals surface area contributed by atoms with Crippen molar-refractivity contribution in [3.8, 4) is 0 Å². The van der Waals surface area contributed by atoms with Crippen molar-refractivity contribution < 1.29 is 28.6 Å². The molecule has 0 bridgehead atoms. The van der Waals surface area contributed by atoms with Gasteiger partial charge in [-0.15, -0.1) is 0 Å². The number of ether oxygens (including phenoxy) is 3. The van der Waals surface area contributed by atoms with Crippen LogP contribution in [0.15, 0.2) is 37.6 Å². The maximum absolute atomic E-state index is 10.8. The molecule has 0 rings (SSSR count). The molecule has 0 aliphatic heterocycles. The molecule has 0 N–H and O–H groups in total. The van der Waals surface area contributed by atoms with Gasteiger partial charge in [-0.25, -0.2) is 9.59 Å². The van der Waals surface area contributed by atoms with Gasteiger partial charge in [0.1, 0.15) is 6.61 Å². The van der Waals surface area contributed by atoms with E-state index < -0.39 is 0 Å². The molecule has 150 valence electrons. The van der Waals surface area contributed by atoms with Gasteiger partial charge in [0.2, 0.25) is 0 Å². The van der Waals surface area contributed by atoms with Crippen LogP contribution in [0, 0.1) is 0 Å². The molecule has 0 saturated carbocycles. The minimum absolute atomic E-state index is 0.313. The summed E-state index contributed by atoms with van der Waals surface area (Å²) < 4.78 is 13.7. The van der Waals surface area contributed by atoms with Crippen LogP contribution in [0.2, 0.25) is 0 Å². The van der Waals surface area contributed by atoms with Crippen LogP contribution in [-0.2, 0) is 28.6 Å². The van der Waals surface area contributed by atoms with Gasteiger partial charge < -0.3 is 19.1 Å². The molecule has 0 fully saturated rings. The van der Waals surface area contributed by atoms with Gasteiger partial charge in [-0.3, -0.25) is 4.79 Å². The highest BCUT2D eigenvalue weighted by atomic mass is 16.5. The molecular weight excluding hydrogens is 338 g/mol. The van der Waals surface area contributed by atoms with Crippen LogP contribution in [0.5, 0.6) is 0 Å². The molecule has 0 aromatic rings. The molecule has 0 spiro atoms. The van der Waals surface area contributed by atoms with E-state index >= 15 is 0 Å². The second kappa shape index (κ2) is 20.6. The van der Waals surface area contributed by atoms with Gasteiger partial charge in [0.15, 0.2) is 0 Å². The highest BCUT2D eigenvalue weighted by Gasteiger charge is 2.01. The average molecular weight is 371 g/mol. The smallest absolute Gasteiger partial charge is 0.333 e. The van der Waals surface area contributed by atoms with Crippen molar-refractivity contribution in [1.29, 1.82) is 0 Å². The molecule has 7 nitrogen and oxygen atoms in total. The highest BCUT2D eigenvalue weighted by Crippen LogP contribution is 1.91. The van der Waals surface area contributed by atoms with E-state index in [1.165, 1.54) is 13.0 Å². The fourth-order valence-electron chi connectivity index (χ4n) is 0.937. The Kier molecular flexibility index (Phi) is 22.5. The van der Waals surface area contributed by atoms with Gasteiger partial charge in [-0.2, -0.15) is 0 Å². The Balaban J connectivity index is -0.000000319. The maximum Gasteiger partial charge on any atom is 0.333 e.